The highest BCUT2D eigenvalue weighted by atomic mass is 32.1. The van der Waals surface area contributed by atoms with E-state index >= 15 is 0 Å². The van der Waals surface area contributed by atoms with E-state index in [0.717, 1.165) is 23.5 Å². The molecule has 0 fully saturated rings. The summed E-state index contributed by atoms with van der Waals surface area (Å²) < 4.78 is 0. The maximum atomic E-state index is 6.24. The van der Waals surface area contributed by atoms with Crippen LogP contribution in [0.1, 0.15) is 36.9 Å². The number of nitrogens with zero attached hydrogens (tertiary/aromatic N) is 2. The fourth-order valence-corrected chi connectivity index (χ4v) is 4.08. The van der Waals surface area contributed by atoms with Crippen molar-refractivity contribution in [3.8, 4) is 10.7 Å². The standard InChI is InChI=1S/C12H15N3S2/c1-12(2)3-7(13)10-8(4-12)15-11(17-10)9-5-16-6-14-9/h5-7H,3-4,13H2,1-2H3. The summed E-state index contributed by atoms with van der Waals surface area (Å²) in [6.45, 7) is 4.52. The monoisotopic (exact) mass is 265 g/mol. The third-order valence-corrected chi connectivity index (χ3v) is 4.97. The summed E-state index contributed by atoms with van der Waals surface area (Å²) in [5.74, 6) is 0. The van der Waals surface area contributed by atoms with E-state index in [1.165, 1.54) is 10.6 Å². The number of aromatic nitrogens is 2. The van der Waals surface area contributed by atoms with Gasteiger partial charge >= 0.3 is 0 Å². The van der Waals surface area contributed by atoms with E-state index in [-0.39, 0.29) is 11.5 Å². The molecule has 5 heteroatoms. The highest BCUT2D eigenvalue weighted by Gasteiger charge is 2.33. The predicted octanol–water partition coefficient (Wildman–Crippen LogP) is 3.24. The molecule has 0 saturated carbocycles. The highest BCUT2D eigenvalue weighted by Crippen LogP contribution is 2.43. The minimum absolute atomic E-state index is 0.138. The summed E-state index contributed by atoms with van der Waals surface area (Å²) in [5, 5.41) is 3.06. The van der Waals surface area contributed by atoms with Gasteiger partial charge in [-0.15, -0.1) is 22.7 Å². The van der Waals surface area contributed by atoms with Crippen LogP contribution in [0.2, 0.25) is 0 Å². The molecule has 0 saturated heterocycles. The molecular weight excluding hydrogens is 250 g/mol. The van der Waals surface area contributed by atoms with Crippen molar-refractivity contribution in [1.82, 2.24) is 9.97 Å². The van der Waals surface area contributed by atoms with Gasteiger partial charge in [0.05, 0.1) is 11.2 Å². The molecule has 0 bridgehead atoms. The zero-order valence-electron chi connectivity index (χ0n) is 9.93. The number of fused-ring (bicyclic) bond motifs is 1. The molecule has 3 nitrogen and oxygen atoms in total. The molecule has 0 aliphatic heterocycles. The lowest BCUT2D eigenvalue weighted by Gasteiger charge is -2.32. The third-order valence-electron chi connectivity index (χ3n) is 3.13. The van der Waals surface area contributed by atoms with Crippen molar-refractivity contribution in [2.75, 3.05) is 0 Å². The molecule has 0 radical (unpaired) electrons. The van der Waals surface area contributed by atoms with Crippen molar-refractivity contribution >= 4 is 22.7 Å². The molecule has 0 amide bonds. The number of thiazole rings is 2. The summed E-state index contributed by atoms with van der Waals surface area (Å²) >= 11 is 3.32. The van der Waals surface area contributed by atoms with Crippen LogP contribution in [0.4, 0.5) is 0 Å². The lowest BCUT2D eigenvalue weighted by atomic mass is 9.77. The minimum atomic E-state index is 0.138. The highest BCUT2D eigenvalue weighted by molar-refractivity contribution is 7.15. The SMILES string of the molecule is CC1(C)Cc2nc(-c3cscn3)sc2C(N)C1. The average Bonchev–Trinajstić information content (AvgIpc) is 2.81. The summed E-state index contributed by atoms with van der Waals surface area (Å²) in [6.07, 6.45) is 2.06. The first-order valence-electron chi connectivity index (χ1n) is 5.69. The quantitative estimate of drug-likeness (QED) is 0.861. The van der Waals surface area contributed by atoms with Crippen molar-refractivity contribution in [2.24, 2.45) is 11.1 Å². The van der Waals surface area contributed by atoms with Crippen molar-refractivity contribution in [1.29, 1.82) is 0 Å². The van der Waals surface area contributed by atoms with Crippen molar-refractivity contribution < 1.29 is 0 Å². The number of rotatable bonds is 1. The Balaban J connectivity index is 2.04. The zero-order chi connectivity index (χ0) is 12.0. The van der Waals surface area contributed by atoms with Crippen LogP contribution in [0, 0.1) is 5.41 Å². The predicted molar refractivity (Wildman–Crippen MR) is 72.3 cm³/mol. The first-order valence-corrected chi connectivity index (χ1v) is 7.45. The molecular formula is C12H15N3S2. The lowest BCUT2D eigenvalue weighted by molar-refractivity contribution is 0.282. The molecule has 17 heavy (non-hydrogen) atoms. The van der Waals surface area contributed by atoms with Gasteiger partial charge in [0.25, 0.3) is 0 Å². The third kappa shape index (κ3) is 2.03. The summed E-state index contributed by atoms with van der Waals surface area (Å²) in [4.78, 5) is 10.3. The van der Waals surface area contributed by atoms with Crippen LogP contribution in [0.5, 0.6) is 0 Å². The average molecular weight is 265 g/mol. The Morgan fingerprint density at radius 1 is 1.47 bits per heavy atom. The van der Waals surface area contributed by atoms with Gasteiger partial charge in [-0.05, 0) is 18.3 Å². The fourth-order valence-electron chi connectivity index (χ4n) is 2.42. The normalized spacial score (nSPS) is 22.4. The molecule has 2 N–H and O–H groups in total. The summed E-state index contributed by atoms with van der Waals surface area (Å²) in [5.41, 5.74) is 10.5. The maximum absolute atomic E-state index is 6.24. The van der Waals surface area contributed by atoms with E-state index in [2.05, 4.69) is 18.8 Å². The van der Waals surface area contributed by atoms with Crippen molar-refractivity contribution in [3.63, 3.8) is 0 Å². The zero-order valence-corrected chi connectivity index (χ0v) is 11.6. The van der Waals surface area contributed by atoms with Gasteiger partial charge < -0.3 is 5.73 Å². The Morgan fingerprint density at radius 2 is 2.29 bits per heavy atom. The molecule has 1 aliphatic rings. The van der Waals surface area contributed by atoms with Crippen LogP contribution < -0.4 is 5.73 Å². The van der Waals surface area contributed by atoms with Crippen LogP contribution in [-0.2, 0) is 6.42 Å². The number of nitrogens with two attached hydrogens (primary N) is 1. The van der Waals surface area contributed by atoms with Crippen LogP contribution in [0.25, 0.3) is 10.7 Å². The minimum Gasteiger partial charge on any atom is -0.323 e. The molecule has 0 spiro atoms. The van der Waals surface area contributed by atoms with Gasteiger partial charge in [-0.3, -0.25) is 0 Å². The maximum Gasteiger partial charge on any atom is 0.143 e. The summed E-state index contributed by atoms with van der Waals surface area (Å²) in [6, 6.07) is 0.138. The molecule has 90 valence electrons. The van der Waals surface area contributed by atoms with Crippen LogP contribution in [0.15, 0.2) is 10.9 Å². The Labute approximate surface area is 109 Å². The largest absolute Gasteiger partial charge is 0.323 e. The van der Waals surface area contributed by atoms with Crippen molar-refractivity contribution in [3.05, 3.63) is 21.5 Å². The van der Waals surface area contributed by atoms with Gasteiger partial charge in [0.1, 0.15) is 10.7 Å². The van der Waals surface area contributed by atoms with Crippen molar-refractivity contribution in [2.45, 2.75) is 32.7 Å². The molecule has 0 aromatic carbocycles. The van der Waals surface area contributed by atoms with Gasteiger partial charge in [-0.25, -0.2) is 9.97 Å². The van der Waals surface area contributed by atoms with E-state index in [9.17, 15) is 0 Å². The lowest BCUT2D eigenvalue weighted by Crippen LogP contribution is -2.28. The van der Waals surface area contributed by atoms with Gasteiger partial charge in [0.15, 0.2) is 0 Å². The van der Waals surface area contributed by atoms with Gasteiger partial charge in [-0.2, -0.15) is 0 Å². The second kappa shape index (κ2) is 3.86. The molecule has 1 atom stereocenters. The number of hydrogen-bond acceptors (Lipinski definition) is 5. The Bertz CT molecular complexity index is 528. The van der Waals surface area contributed by atoms with E-state index in [1.807, 2.05) is 10.9 Å². The molecule has 1 unspecified atom stereocenters. The number of hydrogen-bond donors (Lipinski definition) is 1. The van der Waals surface area contributed by atoms with E-state index in [4.69, 9.17) is 10.7 Å². The molecule has 2 heterocycles. The van der Waals surface area contributed by atoms with Gasteiger partial charge in [0, 0.05) is 16.3 Å². The second-order valence-electron chi connectivity index (χ2n) is 5.36. The smallest absolute Gasteiger partial charge is 0.143 e. The first-order chi connectivity index (χ1) is 8.05. The van der Waals surface area contributed by atoms with Gasteiger partial charge in [0.2, 0.25) is 0 Å². The summed E-state index contributed by atoms with van der Waals surface area (Å²) in [7, 11) is 0. The molecule has 2 aromatic heterocycles. The molecule has 3 rings (SSSR count). The van der Waals surface area contributed by atoms with E-state index in [1.54, 1.807) is 22.7 Å². The van der Waals surface area contributed by atoms with Gasteiger partial charge in [-0.1, -0.05) is 13.8 Å². The Hall–Kier alpha value is -0.780. The molecule has 1 aliphatic carbocycles. The Morgan fingerprint density at radius 3 is 3.00 bits per heavy atom. The second-order valence-corrected chi connectivity index (χ2v) is 7.10. The Kier molecular flexibility index (Phi) is 2.57. The van der Waals surface area contributed by atoms with E-state index in [0.29, 0.717) is 0 Å². The molecule has 2 aromatic rings. The first kappa shape index (κ1) is 11.3. The van der Waals surface area contributed by atoms with Crippen LogP contribution in [0.3, 0.4) is 0 Å². The van der Waals surface area contributed by atoms with Crippen LogP contribution in [-0.4, -0.2) is 9.97 Å². The van der Waals surface area contributed by atoms with E-state index < -0.39 is 0 Å². The topological polar surface area (TPSA) is 51.8 Å². The fraction of sp³-hybridized carbons (Fsp3) is 0.500. The van der Waals surface area contributed by atoms with Crippen LogP contribution >= 0.6 is 22.7 Å².